The second-order valence-corrected chi connectivity index (χ2v) is 6.91. The van der Waals surface area contributed by atoms with E-state index in [-0.39, 0.29) is 30.6 Å². The van der Waals surface area contributed by atoms with Crippen molar-refractivity contribution in [3.8, 4) is 0 Å². The number of hydrogen-bond donors (Lipinski definition) is 2. The second kappa shape index (κ2) is 6.38. The zero-order valence-electron chi connectivity index (χ0n) is 15.5. The largest absolute Gasteiger partial charge is 0.364 e. The van der Waals surface area contributed by atoms with Crippen LogP contribution in [0.5, 0.6) is 0 Å². The van der Waals surface area contributed by atoms with Crippen molar-refractivity contribution in [2.24, 2.45) is 10.8 Å². The number of carbonyl (C=O) groups excluding carboxylic acids is 4. The molecule has 0 aliphatic carbocycles. The lowest BCUT2D eigenvalue weighted by molar-refractivity contribution is 0.0649. The number of nitrogens with zero attached hydrogens (tertiary/aromatic N) is 3. The molecule has 2 aliphatic rings. The quantitative estimate of drug-likeness (QED) is 0.631. The Morgan fingerprint density at radius 2 is 1.73 bits per heavy atom. The van der Waals surface area contributed by atoms with Gasteiger partial charge in [-0.2, -0.15) is 5.10 Å². The molecule has 2 aromatic carbocycles. The van der Waals surface area contributed by atoms with Crippen molar-refractivity contribution in [1.29, 1.82) is 0 Å². The molecule has 0 unspecified atom stereocenters. The molecule has 0 saturated carbocycles. The maximum atomic E-state index is 12.6. The summed E-state index contributed by atoms with van der Waals surface area (Å²) < 4.78 is 1.60. The average Bonchev–Trinajstić information content (AvgIpc) is 3.11. The van der Waals surface area contributed by atoms with Crippen LogP contribution in [0.25, 0.3) is 10.9 Å². The molecule has 1 radical (unpaired) electrons. The Labute approximate surface area is 169 Å². The Morgan fingerprint density at radius 3 is 2.40 bits per heavy atom. The van der Waals surface area contributed by atoms with E-state index < -0.39 is 11.8 Å². The van der Waals surface area contributed by atoms with Gasteiger partial charge < -0.3 is 10.3 Å². The van der Waals surface area contributed by atoms with E-state index in [0.717, 1.165) is 4.90 Å². The van der Waals surface area contributed by atoms with E-state index >= 15 is 0 Å². The van der Waals surface area contributed by atoms with E-state index in [4.69, 9.17) is 5.73 Å². The molecule has 30 heavy (non-hydrogen) atoms. The van der Waals surface area contributed by atoms with Gasteiger partial charge in [0.25, 0.3) is 23.6 Å². The number of hydrogen-bond acceptors (Lipinski definition) is 5. The first-order chi connectivity index (χ1) is 14.5. The van der Waals surface area contributed by atoms with Gasteiger partial charge in [0.05, 0.1) is 28.4 Å². The van der Waals surface area contributed by atoms with Crippen LogP contribution in [0.3, 0.4) is 0 Å². The summed E-state index contributed by atoms with van der Waals surface area (Å²) in [5.41, 5.74) is 10.1. The van der Waals surface area contributed by atoms with Crippen LogP contribution in [0.15, 0.2) is 41.5 Å². The first-order valence-electron chi connectivity index (χ1n) is 9.13. The van der Waals surface area contributed by atoms with Crippen LogP contribution in [0.1, 0.15) is 47.1 Å². The summed E-state index contributed by atoms with van der Waals surface area (Å²) in [6.07, 6.45) is 1.37. The van der Waals surface area contributed by atoms with Gasteiger partial charge in [-0.3, -0.25) is 24.1 Å². The molecule has 0 atom stereocenters. The van der Waals surface area contributed by atoms with E-state index in [0.29, 0.717) is 33.2 Å². The summed E-state index contributed by atoms with van der Waals surface area (Å²) >= 11 is 0. The van der Waals surface area contributed by atoms with E-state index in [2.05, 4.69) is 16.6 Å². The van der Waals surface area contributed by atoms with Crippen LogP contribution in [0.4, 0.5) is 0 Å². The molecule has 2 aliphatic heterocycles. The van der Waals surface area contributed by atoms with Gasteiger partial charge in [0, 0.05) is 24.0 Å². The molecule has 3 heterocycles. The van der Waals surface area contributed by atoms with Gasteiger partial charge in [-0.15, -0.1) is 0 Å². The van der Waals surface area contributed by atoms with Crippen LogP contribution < -0.4 is 11.2 Å². The fourth-order valence-corrected chi connectivity index (χ4v) is 4.03. The first-order valence-corrected chi connectivity index (χ1v) is 9.13. The molecule has 4 amide bonds. The topological polar surface area (TPSA) is 127 Å². The van der Waals surface area contributed by atoms with E-state index in [1.165, 1.54) is 12.3 Å². The van der Waals surface area contributed by atoms with Gasteiger partial charge in [-0.05, 0) is 30.3 Å². The Bertz CT molecular complexity index is 1290. The predicted octanol–water partition coefficient (Wildman–Crippen LogP) is 0.914. The van der Waals surface area contributed by atoms with Gasteiger partial charge in [0.2, 0.25) is 0 Å². The summed E-state index contributed by atoms with van der Waals surface area (Å²) in [6, 6.07) is 12.6. The molecule has 0 bridgehead atoms. The number of imide groups is 1. The Kier molecular flexibility index (Phi) is 3.78. The Morgan fingerprint density at radius 1 is 1.03 bits per heavy atom. The number of carbonyl (C=O) groups is 4. The third-order valence-electron chi connectivity index (χ3n) is 5.32. The Hall–Kier alpha value is -4.27. The number of benzene rings is 2. The highest BCUT2D eigenvalue weighted by Gasteiger charge is 2.35. The minimum absolute atomic E-state index is 0.0312. The number of nitrogens with one attached hydrogen (secondary N) is 1. The van der Waals surface area contributed by atoms with Gasteiger partial charge in [-0.1, -0.05) is 12.1 Å². The maximum absolute atomic E-state index is 12.6. The molecule has 9 heteroatoms. The highest BCUT2D eigenvalue weighted by atomic mass is 16.2. The highest BCUT2D eigenvalue weighted by Crippen LogP contribution is 2.30. The lowest BCUT2D eigenvalue weighted by Crippen LogP contribution is -2.33. The number of rotatable bonds is 4. The molecule has 1 aromatic heterocycles. The van der Waals surface area contributed by atoms with Crippen molar-refractivity contribution in [3.05, 3.63) is 70.4 Å². The third-order valence-corrected chi connectivity index (χ3v) is 5.32. The van der Waals surface area contributed by atoms with Crippen LogP contribution in [0.2, 0.25) is 0 Å². The summed E-state index contributed by atoms with van der Waals surface area (Å²) in [6.45, 7) is 0.149. The molecule has 9 nitrogen and oxygen atoms in total. The van der Waals surface area contributed by atoms with Gasteiger partial charge in [0.15, 0.2) is 0 Å². The molecule has 5 rings (SSSR count). The number of amides is 4. The SMILES string of the molecule is NC(=O)c1c2c3c(c[c]cc3n1CCN1C(=O)c3ccccc3C1=O)C(=O)NN=C2. The molecule has 0 fully saturated rings. The van der Waals surface area contributed by atoms with Crippen molar-refractivity contribution in [1.82, 2.24) is 14.9 Å². The molecule has 3 N–H and O–H groups in total. The molecule has 147 valence electrons. The molecule has 0 spiro atoms. The predicted molar refractivity (Wildman–Crippen MR) is 106 cm³/mol. The fourth-order valence-electron chi connectivity index (χ4n) is 4.03. The average molecular weight is 400 g/mol. The van der Waals surface area contributed by atoms with Gasteiger partial charge >= 0.3 is 0 Å². The van der Waals surface area contributed by atoms with Crippen LogP contribution >= 0.6 is 0 Å². The second-order valence-electron chi connectivity index (χ2n) is 6.91. The minimum atomic E-state index is -0.713. The van der Waals surface area contributed by atoms with Crippen LogP contribution in [0, 0.1) is 6.07 Å². The number of nitrogens with two attached hydrogens (primary N) is 1. The summed E-state index contributed by atoms with van der Waals surface area (Å²) in [7, 11) is 0. The maximum Gasteiger partial charge on any atom is 0.272 e. The Balaban J connectivity index is 1.59. The molecule has 3 aromatic rings. The smallest absolute Gasteiger partial charge is 0.272 e. The molecular weight excluding hydrogens is 386 g/mol. The number of fused-ring (bicyclic) bond motifs is 1. The standard InChI is InChI=1S/C21H14N5O4/c22-18(27)17-14-10-23-24-19(28)13-6-3-7-15(16(13)14)25(17)8-9-26-20(29)11-4-1-2-5-12(11)21(26)30/h1-2,4-7,10H,8-9H2,(H2,22,27)(H,24,28). The summed E-state index contributed by atoms with van der Waals surface area (Å²) in [5.74, 6) is -1.92. The zero-order chi connectivity index (χ0) is 21.0. The first kappa shape index (κ1) is 17.8. The normalized spacial score (nSPS) is 14.8. The molecular formula is C21H14N5O4. The third kappa shape index (κ3) is 2.38. The number of aromatic nitrogens is 1. The summed E-state index contributed by atoms with van der Waals surface area (Å²) in [4.78, 5) is 51.0. The minimum Gasteiger partial charge on any atom is -0.364 e. The lowest BCUT2D eigenvalue weighted by atomic mass is 10.1. The zero-order valence-corrected chi connectivity index (χ0v) is 15.5. The van der Waals surface area contributed by atoms with Gasteiger partial charge in [0.1, 0.15) is 5.69 Å². The van der Waals surface area contributed by atoms with Crippen molar-refractivity contribution in [2.75, 3.05) is 6.54 Å². The van der Waals surface area contributed by atoms with Crippen molar-refractivity contribution < 1.29 is 19.2 Å². The number of primary amides is 1. The van der Waals surface area contributed by atoms with Crippen molar-refractivity contribution in [3.63, 3.8) is 0 Å². The molecule has 0 saturated heterocycles. The van der Waals surface area contributed by atoms with Crippen LogP contribution in [-0.2, 0) is 6.54 Å². The van der Waals surface area contributed by atoms with Crippen molar-refractivity contribution >= 4 is 40.7 Å². The number of hydrazone groups is 1. The van der Waals surface area contributed by atoms with Crippen molar-refractivity contribution in [2.45, 2.75) is 6.54 Å². The monoisotopic (exact) mass is 400 g/mol. The highest BCUT2D eigenvalue weighted by molar-refractivity contribution is 6.21. The van der Waals surface area contributed by atoms with Crippen LogP contribution in [-0.4, -0.2) is 45.9 Å². The summed E-state index contributed by atoms with van der Waals surface area (Å²) in [5, 5.41) is 4.38. The fraction of sp³-hybridized carbons (Fsp3) is 0.0952. The van der Waals surface area contributed by atoms with Gasteiger partial charge in [-0.25, -0.2) is 5.43 Å². The van der Waals surface area contributed by atoms with E-state index in [9.17, 15) is 19.2 Å². The lowest BCUT2D eigenvalue weighted by Gasteiger charge is -2.16. The van der Waals surface area contributed by atoms with E-state index in [1.54, 1.807) is 34.9 Å². The van der Waals surface area contributed by atoms with E-state index in [1.807, 2.05) is 0 Å².